The summed E-state index contributed by atoms with van der Waals surface area (Å²) >= 11 is 0. The predicted octanol–water partition coefficient (Wildman–Crippen LogP) is 3.06. The Labute approximate surface area is 106 Å². The number of rotatable bonds is 5. The van der Waals surface area contributed by atoms with Gasteiger partial charge in [0.25, 0.3) is 0 Å². The number of carboxylic acids is 1. The van der Waals surface area contributed by atoms with E-state index in [-0.39, 0.29) is 5.56 Å². The Kier molecular flexibility index (Phi) is 3.87. The van der Waals surface area contributed by atoms with E-state index in [1.54, 1.807) is 12.3 Å². The third-order valence-corrected chi connectivity index (χ3v) is 2.99. The van der Waals surface area contributed by atoms with Crippen molar-refractivity contribution in [2.24, 2.45) is 0 Å². The lowest BCUT2D eigenvalue weighted by Gasteiger charge is -2.07. The topological polar surface area (TPSA) is 63.1 Å². The summed E-state index contributed by atoms with van der Waals surface area (Å²) < 4.78 is 0. The molecule has 0 bridgehead atoms. The van der Waals surface area contributed by atoms with Gasteiger partial charge in [-0.1, -0.05) is 25.8 Å². The van der Waals surface area contributed by atoms with Crippen LogP contribution in [0.4, 0.5) is 0 Å². The van der Waals surface area contributed by atoms with Crippen LogP contribution in [0.5, 0.6) is 0 Å². The zero-order valence-corrected chi connectivity index (χ0v) is 10.4. The molecule has 94 valence electrons. The minimum absolute atomic E-state index is 0.220. The fraction of sp³-hybridized carbons (Fsp3) is 0.357. The van der Waals surface area contributed by atoms with Crippen molar-refractivity contribution in [3.05, 3.63) is 35.7 Å². The Bertz CT molecular complexity index is 567. The van der Waals surface area contributed by atoms with Crippen molar-refractivity contribution in [3.8, 4) is 0 Å². The van der Waals surface area contributed by atoms with E-state index < -0.39 is 5.97 Å². The molecule has 2 rings (SSSR count). The molecular formula is C14H16N2O2. The van der Waals surface area contributed by atoms with Gasteiger partial charge in [0.2, 0.25) is 0 Å². The van der Waals surface area contributed by atoms with Crippen molar-refractivity contribution in [2.45, 2.75) is 32.6 Å². The molecule has 0 atom stereocenters. The molecule has 1 heterocycles. The number of aryl methyl sites for hydroxylation is 1. The Hall–Kier alpha value is -1.97. The van der Waals surface area contributed by atoms with Gasteiger partial charge in [-0.05, 0) is 24.5 Å². The molecule has 4 nitrogen and oxygen atoms in total. The lowest BCUT2D eigenvalue weighted by molar-refractivity contribution is 0.0699. The van der Waals surface area contributed by atoms with Gasteiger partial charge in [-0.2, -0.15) is 0 Å². The van der Waals surface area contributed by atoms with Crippen LogP contribution < -0.4 is 0 Å². The van der Waals surface area contributed by atoms with E-state index in [9.17, 15) is 4.79 Å². The highest BCUT2D eigenvalue weighted by Gasteiger charge is 2.12. The van der Waals surface area contributed by atoms with Crippen LogP contribution in [-0.4, -0.2) is 21.0 Å². The van der Waals surface area contributed by atoms with Gasteiger partial charge in [0, 0.05) is 12.4 Å². The summed E-state index contributed by atoms with van der Waals surface area (Å²) in [6, 6.07) is 3.48. The largest absolute Gasteiger partial charge is 0.478 e. The lowest BCUT2D eigenvalue weighted by atomic mass is 10.0. The Morgan fingerprint density at radius 1 is 1.17 bits per heavy atom. The summed E-state index contributed by atoms with van der Waals surface area (Å²) in [4.78, 5) is 19.5. The first kappa shape index (κ1) is 12.5. The van der Waals surface area contributed by atoms with Gasteiger partial charge < -0.3 is 5.11 Å². The SMILES string of the molecule is CCCCCc1ccc(C(=O)O)c2nccnc12. The molecule has 1 aromatic carbocycles. The molecule has 1 N–H and O–H groups in total. The average molecular weight is 244 g/mol. The van der Waals surface area contributed by atoms with Crippen molar-refractivity contribution in [1.29, 1.82) is 0 Å². The number of unbranched alkanes of at least 4 members (excludes halogenated alkanes) is 2. The molecular weight excluding hydrogens is 228 g/mol. The smallest absolute Gasteiger partial charge is 0.337 e. The van der Waals surface area contributed by atoms with Gasteiger partial charge in [-0.15, -0.1) is 0 Å². The molecule has 0 amide bonds. The number of carboxylic acid groups (broad SMARTS) is 1. The maximum absolute atomic E-state index is 11.1. The second kappa shape index (κ2) is 5.58. The molecule has 0 spiro atoms. The van der Waals surface area contributed by atoms with Crippen LogP contribution in [0.3, 0.4) is 0 Å². The molecule has 0 radical (unpaired) electrons. The molecule has 18 heavy (non-hydrogen) atoms. The van der Waals surface area contributed by atoms with Crippen LogP contribution in [-0.2, 0) is 6.42 Å². The van der Waals surface area contributed by atoms with Crippen molar-refractivity contribution in [3.63, 3.8) is 0 Å². The van der Waals surface area contributed by atoms with Gasteiger partial charge in [0.1, 0.15) is 5.52 Å². The van der Waals surface area contributed by atoms with Gasteiger partial charge >= 0.3 is 5.97 Å². The first-order chi connectivity index (χ1) is 8.74. The lowest BCUT2D eigenvalue weighted by Crippen LogP contribution is -2.02. The summed E-state index contributed by atoms with van der Waals surface area (Å²) in [6.07, 6.45) is 7.48. The molecule has 0 unspecified atom stereocenters. The Morgan fingerprint density at radius 3 is 2.56 bits per heavy atom. The molecule has 0 aliphatic rings. The molecule has 2 aromatic rings. The van der Waals surface area contributed by atoms with E-state index in [0.717, 1.165) is 24.8 Å². The van der Waals surface area contributed by atoms with Gasteiger partial charge in [0.15, 0.2) is 0 Å². The summed E-state index contributed by atoms with van der Waals surface area (Å²) in [6.45, 7) is 2.16. The second-order valence-electron chi connectivity index (χ2n) is 4.29. The maximum Gasteiger partial charge on any atom is 0.337 e. The monoisotopic (exact) mass is 244 g/mol. The number of aromatic carboxylic acids is 1. The zero-order valence-electron chi connectivity index (χ0n) is 10.4. The number of carbonyl (C=O) groups is 1. The predicted molar refractivity (Wildman–Crippen MR) is 69.7 cm³/mol. The number of nitrogens with zero attached hydrogens (tertiary/aromatic N) is 2. The average Bonchev–Trinajstić information content (AvgIpc) is 2.38. The quantitative estimate of drug-likeness (QED) is 0.821. The van der Waals surface area contributed by atoms with Crippen molar-refractivity contribution < 1.29 is 9.90 Å². The van der Waals surface area contributed by atoms with Crippen LogP contribution in [0.2, 0.25) is 0 Å². The molecule has 1 aromatic heterocycles. The van der Waals surface area contributed by atoms with Crippen molar-refractivity contribution in [2.75, 3.05) is 0 Å². The van der Waals surface area contributed by atoms with Gasteiger partial charge in [-0.3, -0.25) is 9.97 Å². The third-order valence-electron chi connectivity index (χ3n) is 2.99. The molecule has 0 aliphatic carbocycles. The van der Waals surface area contributed by atoms with Crippen LogP contribution in [0, 0.1) is 0 Å². The molecule has 0 saturated carbocycles. The van der Waals surface area contributed by atoms with E-state index in [2.05, 4.69) is 16.9 Å². The fourth-order valence-electron chi connectivity index (χ4n) is 2.05. The highest BCUT2D eigenvalue weighted by atomic mass is 16.4. The van der Waals surface area contributed by atoms with E-state index in [1.807, 2.05) is 6.07 Å². The van der Waals surface area contributed by atoms with E-state index in [0.29, 0.717) is 11.0 Å². The molecule has 0 fully saturated rings. The van der Waals surface area contributed by atoms with Crippen LogP contribution in [0.25, 0.3) is 11.0 Å². The van der Waals surface area contributed by atoms with Crippen molar-refractivity contribution in [1.82, 2.24) is 9.97 Å². The number of benzene rings is 1. The van der Waals surface area contributed by atoms with E-state index in [4.69, 9.17) is 5.11 Å². The van der Waals surface area contributed by atoms with E-state index in [1.165, 1.54) is 12.6 Å². The fourth-order valence-corrected chi connectivity index (χ4v) is 2.05. The summed E-state index contributed by atoms with van der Waals surface area (Å²) in [5.41, 5.74) is 2.50. The first-order valence-corrected chi connectivity index (χ1v) is 6.20. The number of hydrogen-bond donors (Lipinski definition) is 1. The van der Waals surface area contributed by atoms with E-state index >= 15 is 0 Å². The van der Waals surface area contributed by atoms with Gasteiger partial charge in [-0.25, -0.2) is 4.79 Å². The summed E-state index contributed by atoms with van der Waals surface area (Å²) in [5, 5.41) is 9.12. The summed E-state index contributed by atoms with van der Waals surface area (Å²) in [5.74, 6) is -0.958. The summed E-state index contributed by atoms with van der Waals surface area (Å²) in [7, 11) is 0. The molecule has 0 saturated heterocycles. The maximum atomic E-state index is 11.1. The van der Waals surface area contributed by atoms with Crippen LogP contribution in [0.1, 0.15) is 42.1 Å². The number of hydrogen-bond acceptors (Lipinski definition) is 3. The minimum atomic E-state index is -0.958. The van der Waals surface area contributed by atoms with Crippen LogP contribution >= 0.6 is 0 Å². The Morgan fingerprint density at radius 2 is 1.89 bits per heavy atom. The normalized spacial score (nSPS) is 10.7. The zero-order chi connectivity index (χ0) is 13.0. The minimum Gasteiger partial charge on any atom is -0.478 e. The van der Waals surface area contributed by atoms with Gasteiger partial charge in [0.05, 0.1) is 11.1 Å². The Balaban J connectivity index is 2.44. The third kappa shape index (κ3) is 2.47. The highest BCUT2D eigenvalue weighted by molar-refractivity contribution is 6.01. The second-order valence-corrected chi connectivity index (χ2v) is 4.29. The number of fused-ring (bicyclic) bond motifs is 1. The van der Waals surface area contributed by atoms with Crippen LogP contribution in [0.15, 0.2) is 24.5 Å². The first-order valence-electron chi connectivity index (χ1n) is 6.20. The molecule has 0 aliphatic heterocycles. The molecule has 4 heteroatoms. The standard InChI is InChI=1S/C14H16N2O2/c1-2-3-4-5-10-6-7-11(14(17)18)13-12(10)15-8-9-16-13/h6-9H,2-5H2,1H3,(H,17,18). The highest BCUT2D eigenvalue weighted by Crippen LogP contribution is 2.20. The van der Waals surface area contributed by atoms with Crippen molar-refractivity contribution >= 4 is 17.0 Å². The number of aromatic nitrogens is 2.